The van der Waals surface area contributed by atoms with Crippen LogP contribution in [0.4, 0.5) is 19.0 Å². The van der Waals surface area contributed by atoms with Gasteiger partial charge in [-0.2, -0.15) is 13.2 Å². The lowest BCUT2D eigenvalue weighted by Gasteiger charge is -2.19. The average molecular weight is 316 g/mol. The molecule has 0 aliphatic carbocycles. The number of benzene rings is 1. The molecule has 2 rings (SSSR count). The maximum absolute atomic E-state index is 12.7. The van der Waals surface area contributed by atoms with E-state index in [0.717, 1.165) is 5.56 Å². The van der Waals surface area contributed by atoms with Gasteiger partial charge < -0.3 is 4.90 Å². The van der Waals surface area contributed by atoms with Crippen LogP contribution in [-0.2, 0) is 12.6 Å². The summed E-state index contributed by atoms with van der Waals surface area (Å²) < 4.78 is 38.0. The van der Waals surface area contributed by atoms with Crippen molar-refractivity contribution < 1.29 is 13.2 Å². The van der Waals surface area contributed by atoms with Crippen molar-refractivity contribution in [2.75, 3.05) is 18.5 Å². The molecule has 0 saturated carbocycles. The number of halogens is 4. The fourth-order valence-corrected chi connectivity index (χ4v) is 1.96. The lowest BCUT2D eigenvalue weighted by molar-refractivity contribution is -0.144. The zero-order chi connectivity index (χ0) is 15.5. The highest BCUT2D eigenvalue weighted by atomic mass is 35.5. The molecule has 0 spiro atoms. The van der Waals surface area contributed by atoms with Gasteiger partial charge in [-0.15, -0.1) is 0 Å². The van der Waals surface area contributed by atoms with Crippen LogP contribution in [-0.4, -0.2) is 23.6 Å². The Morgan fingerprint density at radius 1 is 1.14 bits per heavy atom. The highest BCUT2D eigenvalue weighted by molar-refractivity contribution is 6.29. The number of alkyl halides is 3. The van der Waals surface area contributed by atoms with Gasteiger partial charge in [0.2, 0.25) is 5.82 Å². The molecule has 1 heterocycles. The van der Waals surface area contributed by atoms with Crippen LogP contribution in [0.5, 0.6) is 0 Å². The highest BCUT2D eigenvalue weighted by Gasteiger charge is 2.35. The second kappa shape index (κ2) is 6.30. The first kappa shape index (κ1) is 15.6. The lowest BCUT2D eigenvalue weighted by atomic mass is 10.1. The molecule has 0 aliphatic heterocycles. The van der Waals surface area contributed by atoms with E-state index in [1.54, 1.807) is 11.9 Å². The number of likely N-dealkylation sites (N-methyl/N-ethyl adjacent to an activating group) is 1. The number of hydrogen-bond donors (Lipinski definition) is 0. The van der Waals surface area contributed by atoms with Crippen molar-refractivity contribution in [3.63, 3.8) is 0 Å². The van der Waals surface area contributed by atoms with Gasteiger partial charge in [-0.1, -0.05) is 41.9 Å². The molecule has 1 aromatic carbocycles. The quantitative estimate of drug-likeness (QED) is 0.803. The summed E-state index contributed by atoms with van der Waals surface area (Å²) in [4.78, 5) is 8.35. The maximum Gasteiger partial charge on any atom is 0.451 e. The first-order valence-electron chi connectivity index (χ1n) is 6.23. The Morgan fingerprint density at radius 2 is 1.81 bits per heavy atom. The molecule has 0 atom stereocenters. The third-order valence-electron chi connectivity index (χ3n) is 2.90. The number of anilines is 1. The zero-order valence-electron chi connectivity index (χ0n) is 11.2. The minimum atomic E-state index is -4.61. The second-order valence-corrected chi connectivity index (χ2v) is 4.91. The minimum absolute atomic E-state index is 0.151. The van der Waals surface area contributed by atoms with E-state index >= 15 is 0 Å². The summed E-state index contributed by atoms with van der Waals surface area (Å²) in [6, 6.07) is 11.0. The largest absolute Gasteiger partial charge is 0.451 e. The van der Waals surface area contributed by atoms with Gasteiger partial charge in [0.1, 0.15) is 11.0 Å². The molecule has 0 bridgehead atoms. The van der Waals surface area contributed by atoms with E-state index in [4.69, 9.17) is 11.6 Å². The van der Waals surface area contributed by atoms with E-state index in [-0.39, 0.29) is 11.0 Å². The number of rotatable bonds is 4. The van der Waals surface area contributed by atoms with Crippen molar-refractivity contribution in [2.24, 2.45) is 0 Å². The summed E-state index contributed by atoms with van der Waals surface area (Å²) in [7, 11) is 1.67. The molecule has 112 valence electrons. The van der Waals surface area contributed by atoms with Crippen molar-refractivity contribution >= 4 is 17.4 Å². The molecule has 21 heavy (non-hydrogen) atoms. The normalized spacial score (nSPS) is 11.5. The highest BCUT2D eigenvalue weighted by Crippen LogP contribution is 2.28. The number of hydrogen-bond acceptors (Lipinski definition) is 3. The van der Waals surface area contributed by atoms with Gasteiger partial charge in [-0.25, -0.2) is 9.97 Å². The van der Waals surface area contributed by atoms with Gasteiger partial charge >= 0.3 is 6.18 Å². The van der Waals surface area contributed by atoms with Gasteiger partial charge in [-0.3, -0.25) is 0 Å². The summed E-state index contributed by atoms with van der Waals surface area (Å²) in [5.41, 5.74) is 1.10. The topological polar surface area (TPSA) is 29.0 Å². The Bertz CT molecular complexity index is 602. The molecule has 3 nitrogen and oxygen atoms in total. The van der Waals surface area contributed by atoms with Crippen LogP contribution in [0.15, 0.2) is 36.4 Å². The molecule has 0 N–H and O–H groups in total. The molecular weight excluding hydrogens is 303 g/mol. The Morgan fingerprint density at radius 3 is 2.43 bits per heavy atom. The van der Waals surface area contributed by atoms with Gasteiger partial charge in [0.15, 0.2) is 0 Å². The van der Waals surface area contributed by atoms with Gasteiger partial charge in [0.05, 0.1) is 0 Å². The Balaban J connectivity index is 2.12. The third-order valence-corrected chi connectivity index (χ3v) is 3.10. The van der Waals surface area contributed by atoms with Crippen LogP contribution in [0, 0.1) is 0 Å². The van der Waals surface area contributed by atoms with E-state index in [0.29, 0.717) is 13.0 Å². The zero-order valence-corrected chi connectivity index (χ0v) is 12.0. The summed E-state index contributed by atoms with van der Waals surface area (Å²) in [6.07, 6.45) is -3.92. The molecule has 0 fully saturated rings. The van der Waals surface area contributed by atoms with E-state index in [9.17, 15) is 13.2 Å². The van der Waals surface area contributed by atoms with Crippen LogP contribution in [0.1, 0.15) is 11.4 Å². The van der Waals surface area contributed by atoms with Gasteiger partial charge in [-0.05, 0) is 12.0 Å². The van der Waals surface area contributed by atoms with E-state index < -0.39 is 12.0 Å². The summed E-state index contributed by atoms with van der Waals surface area (Å²) >= 11 is 5.64. The average Bonchev–Trinajstić information content (AvgIpc) is 2.44. The van der Waals surface area contributed by atoms with E-state index in [2.05, 4.69) is 9.97 Å². The first-order chi connectivity index (χ1) is 9.86. The molecule has 0 saturated heterocycles. The second-order valence-electron chi connectivity index (χ2n) is 4.53. The number of aromatic nitrogens is 2. The predicted molar refractivity (Wildman–Crippen MR) is 75.5 cm³/mol. The molecule has 0 unspecified atom stereocenters. The van der Waals surface area contributed by atoms with Gasteiger partial charge in [0.25, 0.3) is 0 Å². The molecule has 0 aliphatic rings. The summed E-state index contributed by atoms with van der Waals surface area (Å²) in [6.45, 7) is 0.522. The third kappa shape index (κ3) is 4.32. The Labute approximate surface area is 125 Å². The molecule has 0 radical (unpaired) electrons. The fourth-order valence-electron chi connectivity index (χ4n) is 1.78. The van der Waals surface area contributed by atoms with Crippen molar-refractivity contribution in [3.8, 4) is 0 Å². The smallest absolute Gasteiger partial charge is 0.359 e. The summed E-state index contributed by atoms with van der Waals surface area (Å²) in [5, 5.41) is -0.223. The van der Waals surface area contributed by atoms with Crippen LogP contribution in [0.25, 0.3) is 0 Å². The van der Waals surface area contributed by atoms with Crippen molar-refractivity contribution in [3.05, 3.63) is 52.9 Å². The lowest BCUT2D eigenvalue weighted by Crippen LogP contribution is -2.23. The Kier molecular flexibility index (Phi) is 4.67. The monoisotopic (exact) mass is 315 g/mol. The number of nitrogens with zero attached hydrogens (tertiary/aromatic N) is 3. The van der Waals surface area contributed by atoms with E-state index in [1.807, 2.05) is 30.3 Å². The van der Waals surface area contributed by atoms with Crippen LogP contribution >= 0.6 is 11.6 Å². The van der Waals surface area contributed by atoms with Crippen molar-refractivity contribution in [1.82, 2.24) is 9.97 Å². The predicted octanol–water partition coefficient (Wildman–Crippen LogP) is 3.83. The van der Waals surface area contributed by atoms with Crippen molar-refractivity contribution in [2.45, 2.75) is 12.6 Å². The van der Waals surface area contributed by atoms with Crippen LogP contribution in [0.2, 0.25) is 5.15 Å². The molecule has 1 aromatic heterocycles. The van der Waals surface area contributed by atoms with Gasteiger partial charge in [0, 0.05) is 19.7 Å². The van der Waals surface area contributed by atoms with Crippen LogP contribution in [0.3, 0.4) is 0 Å². The van der Waals surface area contributed by atoms with Crippen LogP contribution < -0.4 is 4.90 Å². The molecular formula is C14H13ClF3N3. The first-order valence-corrected chi connectivity index (χ1v) is 6.61. The molecule has 0 amide bonds. The molecule has 7 heteroatoms. The fraction of sp³-hybridized carbons (Fsp3) is 0.286. The molecule has 2 aromatic rings. The SMILES string of the molecule is CN(CCc1ccccc1)c1cc(Cl)nc(C(F)(F)F)n1. The standard InChI is InChI=1S/C14H13ClF3N3/c1-21(8-7-10-5-3-2-4-6-10)12-9-11(15)19-13(20-12)14(16,17)18/h2-6,9H,7-8H2,1H3. The van der Waals surface area contributed by atoms with E-state index in [1.165, 1.54) is 6.07 Å². The minimum Gasteiger partial charge on any atom is -0.359 e. The maximum atomic E-state index is 12.7. The Hall–Kier alpha value is -1.82. The van der Waals surface area contributed by atoms with Crippen molar-refractivity contribution in [1.29, 1.82) is 0 Å². The summed E-state index contributed by atoms with van der Waals surface area (Å²) in [5.74, 6) is -1.07.